The van der Waals surface area contributed by atoms with Crippen LogP contribution in [0.1, 0.15) is 30.1 Å². The second-order valence-electron chi connectivity index (χ2n) is 5.32. The molecule has 2 heterocycles. The molecule has 3 heteroatoms. The molecule has 3 atom stereocenters. The summed E-state index contributed by atoms with van der Waals surface area (Å²) in [6, 6.07) is 9.53. The number of fused-ring (bicyclic) bond motifs is 2. The van der Waals surface area contributed by atoms with E-state index in [1.54, 1.807) is 0 Å². The summed E-state index contributed by atoms with van der Waals surface area (Å²) in [6.07, 6.45) is 2.98. The smallest absolute Gasteiger partial charge is 0.179 e. The van der Waals surface area contributed by atoms with Crippen LogP contribution in [0.15, 0.2) is 30.3 Å². The van der Waals surface area contributed by atoms with Crippen molar-refractivity contribution in [3.8, 4) is 0 Å². The maximum atomic E-state index is 12.4. The minimum atomic E-state index is -0.0422. The second-order valence-corrected chi connectivity index (χ2v) is 5.32. The number of nitrogens with zero attached hydrogens (tertiary/aromatic N) is 1. The molecular weight excluding hydrogens is 226 g/mol. The molecule has 0 radical (unpaired) electrons. The maximum absolute atomic E-state index is 12.4. The van der Waals surface area contributed by atoms with Crippen LogP contribution in [0.3, 0.4) is 0 Å². The maximum Gasteiger partial charge on any atom is 0.179 e. The first kappa shape index (κ1) is 11.9. The number of hydrogen-bond acceptors (Lipinski definition) is 3. The summed E-state index contributed by atoms with van der Waals surface area (Å²) >= 11 is 0. The Morgan fingerprint density at radius 3 is 2.44 bits per heavy atom. The van der Waals surface area contributed by atoms with E-state index in [0.29, 0.717) is 12.2 Å². The molecule has 96 valence electrons. The molecule has 0 aliphatic carbocycles. The van der Waals surface area contributed by atoms with Crippen molar-refractivity contribution in [3.63, 3.8) is 0 Å². The number of hydrogen-bond donors (Lipinski definition) is 0. The lowest BCUT2D eigenvalue weighted by molar-refractivity contribution is -0.0464. The minimum absolute atomic E-state index is 0.0422. The minimum Gasteiger partial charge on any atom is -0.372 e. The number of Topliss-reactive ketones (excluding diaryl/α,β-unsaturated/α-hetero) is 1. The molecule has 0 spiro atoms. The Balaban J connectivity index is 1.71. The molecular formula is C15H19NO2. The van der Waals surface area contributed by atoms with Crippen molar-refractivity contribution in [2.75, 3.05) is 13.1 Å². The largest absolute Gasteiger partial charge is 0.372 e. The zero-order valence-corrected chi connectivity index (χ0v) is 10.7. The first-order chi connectivity index (χ1) is 8.74. The Labute approximate surface area is 108 Å². The first-order valence-corrected chi connectivity index (χ1v) is 6.73. The lowest BCUT2D eigenvalue weighted by Crippen LogP contribution is -2.49. The number of likely N-dealkylation sites (tertiary alicyclic amines) is 1. The summed E-state index contributed by atoms with van der Waals surface area (Å²) in [5, 5.41) is 0. The molecule has 2 bridgehead atoms. The van der Waals surface area contributed by atoms with Gasteiger partial charge in [0.05, 0.1) is 18.2 Å². The molecule has 1 aromatic rings. The van der Waals surface area contributed by atoms with Gasteiger partial charge in [0.1, 0.15) is 0 Å². The fourth-order valence-corrected chi connectivity index (χ4v) is 2.97. The third kappa shape index (κ3) is 2.20. The summed E-state index contributed by atoms with van der Waals surface area (Å²) in [5.41, 5.74) is 0.809. The Kier molecular flexibility index (Phi) is 3.18. The molecule has 2 aliphatic heterocycles. The van der Waals surface area contributed by atoms with Crippen LogP contribution in [0.25, 0.3) is 0 Å². The van der Waals surface area contributed by atoms with Gasteiger partial charge >= 0.3 is 0 Å². The van der Waals surface area contributed by atoms with Crippen LogP contribution in [0.2, 0.25) is 0 Å². The van der Waals surface area contributed by atoms with E-state index in [0.717, 1.165) is 31.5 Å². The third-order valence-electron chi connectivity index (χ3n) is 4.06. The van der Waals surface area contributed by atoms with Gasteiger partial charge in [-0.3, -0.25) is 9.69 Å². The first-order valence-electron chi connectivity index (χ1n) is 6.73. The van der Waals surface area contributed by atoms with Crippen molar-refractivity contribution in [1.82, 2.24) is 4.90 Å². The number of carbonyl (C=O) groups is 1. The molecule has 3 unspecified atom stereocenters. The summed E-state index contributed by atoms with van der Waals surface area (Å²) in [6.45, 7) is 3.81. The van der Waals surface area contributed by atoms with Gasteiger partial charge in [-0.15, -0.1) is 0 Å². The molecule has 3 nitrogen and oxygen atoms in total. The Morgan fingerprint density at radius 1 is 1.22 bits per heavy atom. The Morgan fingerprint density at radius 2 is 1.83 bits per heavy atom. The summed E-state index contributed by atoms with van der Waals surface area (Å²) in [5.74, 6) is 0.219. The van der Waals surface area contributed by atoms with Gasteiger partial charge < -0.3 is 4.74 Å². The van der Waals surface area contributed by atoms with Crippen molar-refractivity contribution >= 4 is 5.78 Å². The van der Waals surface area contributed by atoms with Crippen LogP contribution < -0.4 is 0 Å². The quantitative estimate of drug-likeness (QED) is 0.764. The molecule has 2 saturated heterocycles. The van der Waals surface area contributed by atoms with Crippen LogP contribution in [0.4, 0.5) is 0 Å². The normalized spacial score (nSPS) is 29.2. The molecule has 1 aromatic carbocycles. The van der Waals surface area contributed by atoms with Gasteiger partial charge in [0.2, 0.25) is 0 Å². The van der Waals surface area contributed by atoms with E-state index in [1.807, 2.05) is 37.3 Å². The van der Waals surface area contributed by atoms with Gasteiger partial charge in [-0.25, -0.2) is 0 Å². The lowest BCUT2D eigenvalue weighted by atomic mass is 10.0. The van der Waals surface area contributed by atoms with Crippen LogP contribution in [-0.2, 0) is 4.74 Å². The molecule has 0 aromatic heterocycles. The van der Waals surface area contributed by atoms with E-state index in [4.69, 9.17) is 4.74 Å². The van der Waals surface area contributed by atoms with Gasteiger partial charge in [-0.2, -0.15) is 0 Å². The monoisotopic (exact) mass is 245 g/mol. The van der Waals surface area contributed by atoms with E-state index >= 15 is 0 Å². The van der Waals surface area contributed by atoms with Crippen molar-refractivity contribution in [3.05, 3.63) is 35.9 Å². The fourth-order valence-electron chi connectivity index (χ4n) is 2.97. The van der Waals surface area contributed by atoms with Crippen molar-refractivity contribution in [1.29, 1.82) is 0 Å². The third-order valence-corrected chi connectivity index (χ3v) is 4.06. The number of carbonyl (C=O) groups excluding carboxylic acids is 1. The number of rotatable bonds is 3. The second kappa shape index (κ2) is 4.82. The van der Waals surface area contributed by atoms with Crippen molar-refractivity contribution in [2.24, 2.45) is 0 Å². The zero-order valence-electron chi connectivity index (χ0n) is 10.7. The van der Waals surface area contributed by atoms with E-state index in [-0.39, 0.29) is 11.8 Å². The summed E-state index contributed by atoms with van der Waals surface area (Å²) < 4.78 is 5.81. The zero-order chi connectivity index (χ0) is 12.5. The molecule has 2 aliphatic rings. The number of morpholine rings is 1. The highest BCUT2D eigenvalue weighted by Gasteiger charge is 2.37. The van der Waals surface area contributed by atoms with Crippen LogP contribution in [0.5, 0.6) is 0 Å². The van der Waals surface area contributed by atoms with Gasteiger partial charge in [0.15, 0.2) is 5.78 Å². The number of benzene rings is 1. The highest BCUT2D eigenvalue weighted by atomic mass is 16.5. The Bertz CT molecular complexity index is 419. The van der Waals surface area contributed by atoms with E-state index in [2.05, 4.69) is 4.90 Å². The number of ketones is 1. The molecule has 0 amide bonds. The average Bonchev–Trinajstić information content (AvgIpc) is 2.77. The molecule has 18 heavy (non-hydrogen) atoms. The van der Waals surface area contributed by atoms with E-state index in [1.165, 1.54) is 0 Å². The highest BCUT2D eigenvalue weighted by Crippen LogP contribution is 2.27. The molecule has 0 N–H and O–H groups in total. The van der Waals surface area contributed by atoms with Gasteiger partial charge in [-0.1, -0.05) is 30.3 Å². The van der Waals surface area contributed by atoms with Gasteiger partial charge in [0.25, 0.3) is 0 Å². The topological polar surface area (TPSA) is 29.5 Å². The predicted octanol–water partition coefficient (Wildman–Crippen LogP) is 2.12. The van der Waals surface area contributed by atoms with E-state index in [9.17, 15) is 4.79 Å². The van der Waals surface area contributed by atoms with Crippen molar-refractivity contribution < 1.29 is 9.53 Å². The SMILES string of the molecule is CC(C(=O)c1ccccc1)N1CC2CCC(C1)O2. The molecule has 3 rings (SSSR count). The van der Waals surface area contributed by atoms with Crippen LogP contribution in [0, 0.1) is 0 Å². The summed E-state index contributed by atoms with van der Waals surface area (Å²) in [7, 11) is 0. The standard InChI is InChI=1S/C15H19NO2/c1-11(15(17)12-5-3-2-4-6-12)16-9-13-7-8-14(10-16)18-13/h2-6,11,13-14H,7-10H2,1H3. The van der Waals surface area contributed by atoms with Crippen LogP contribution >= 0.6 is 0 Å². The number of ether oxygens (including phenoxy) is 1. The van der Waals surface area contributed by atoms with Crippen LogP contribution in [-0.4, -0.2) is 42.0 Å². The fraction of sp³-hybridized carbons (Fsp3) is 0.533. The summed E-state index contributed by atoms with van der Waals surface area (Å²) in [4.78, 5) is 14.7. The van der Waals surface area contributed by atoms with Gasteiger partial charge in [-0.05, 0) is 19.8 Å². The average molecular weight is 245 g/mol. The highest BCUT2D eigenvalue weighted by molar-refractivity contribution is 5.99. The lowest BCUT2D eigenvalue weighted by Gasteiger charge is -2.35. The predicted molar refractivity (Wildman–Crippen MR) is 69.7 cm³/mol. The Hall–Kier alpha value is -1.19. The molecule has 0 saturated carbocycles. The molecule has 2 fully saturated rings. The van der Waals surface area contributed by atoms with Gasteiger partial charge in [0, 0.05) is 18.7 Å². The van der Waals surface area contributed by atoms with E-state index < -0.39 is 0 Å². The van der Waals surface area contributed by atoms with Crippen molar-refractivity contribution in [2.45, 2.75) is 38.0 Å².